The lowest BCUT2D eigenvalue weighted by molar-refractivity contribution is 0.388. The molecule has 2 N–H and O–H groups in total. The van der Waals surface area contributed by atoms with Gasteiger partial charge in [-0.15, -0.1) is 0 Å². The molecule has 0 saturated carbocycles. The normalized spacial score (nSPS) is 17.4. The van der Waals surface area contributed by atoms with Crippen molar-refractivity contribution in [2.75, 3.05) is 37.3 Å². The van der Waals surface area contributed by atoms with Gasteiger partial charge < -0.3 is 10.6 Å². The maximum absolute atomic E-state index is 11.4. The van der Waals surface area contributed by atoms with E-state index >= 15 is 0 Å². The topological polar surface area (TPSA) is 66.6 Å². The lowest BCUT2D eigenvalue weighted by atomic mass is 10.2. The van der Waals surface area contributed by atoms with E-state index in [0.717, 1.165) is 11.3 Å². The van der Waals surface area contributed by atoms with Crippen LogP contribution in [-0.2, 0) is 10.0 Å². The summed E-state index contributed by atoms with van der Waals surface area (Å²) in [7, 11) is -3.08. The molecule has 0 spiro atoms. The van der Waals surface area contributed by atoms with Crippen molar-refractivity contribution in [3.63, 3.8) is 0 Å². The van der Waals surface area contributed by atoms with E-state index in [0.29, 0.717) is 31.2 Å². The summed E-state index contributed by atoms with van der Waals surface area (Å²) in [6.45, 7) is 2.44. The first-order valence-corrected chi connectivity index (χ1v) is 8.23. The molecule has 0 amide bonds. The minimum Gasteiger partial charge on any atom is -0.389 e. The predicted octanol–water partition coefficient (Wildman–Crippen LogP) is 0.402. The van der Waals surface area contributed by atoms with Gasteiger partial charge in [0.2, 0.25) is 10.0 Å². The van der Waals surface area contributed by atoms with Crippen LogP contribution in [0.25, 0.3) is 0 Å². The minimum absolute atomic E-state index is 0.383. The van der Waals surface area contributed by atoms with Crippen LogP contribution < -0.4 is 10.6 Å². The molecular weight excluding hydrogens is 282 g/mol. The van der Waals surface area contributed by atoms with Crippen LogP contribution in [0.4, 0.5) is 5.69 Å². The van der Waals surface area contributed by atoms with Gasteiger partial charge in [0.15, 0.2) is 0 Å². The molecule has 1 fully saturated rings. The largest absolute Gasteiger partial charge is 0.389 e. The predicted molar refractivity (Wildman–Crippen MR) is 81.0 cm³/mol. The average molecular weight is 299 g/mol. The highest BCUT2D eigenvalue weighted by atomic mass is 32.2. The summed E-state index contributed by atoms with van der Waals surface area (Å²) in [5.41, 5.74) is 7.46. The molecule has 1 saturated heterocycles. The summed E-state index contributed by atoms with van der Waals surface area (Å²) < 4.78 is 24.4. The summed E-state index contributed by atoms with van der Waals surface area (Å²) in [6, 6.07) is 7.70. The molecule has 1 aliphatic rings. The molecule has 7 heteroatoms. The first kappa shape index (κ1) is 14.2. The second kappa shape index (κ2) is 5.44. The van der Waals surface area contributed by atoms with Gasteiger partial charge in [-0.1, -0.05) is 12.2 Å². The number of nitrogens with zero attached hydrogens (tertiary/aromatic N) is 2. The number of hydrogen-bond acceptors (Lipinski definition) is 4. The third kappa shape index (κ3) is 3.43. The fraction of sp³-hybridized carbons (Fsp3) is 0.417. The Labute approximate surface area is 119 Å². The standard InChI is InChI=1S/C12H17N3O2S2/c1-19(16,17)15-8-6-14(7-9-15)11-4-2-10(3-5-11)12(13)18/h2-5H,6-9H2,1H3,(H2,13,18). The van der Waals surface area contributed by atoms with Crippen LogP contribution in [0.5, 0.6) is 0 Å². The van der Waals surface area contributed by atoms with E-state index in [9.17, 15) is 8.42 Å². The maximum atomic E-state index is 11.4. The fourth-order valence-electron chi connectivity index (χ4n) is 2.11. The van der Waals surface area contributed by atoms with E-state index in [2.05, 4.69) is 4.90 Å². The van der Waals surface area contributed by atoms with Gasteiger partial charge in [-0.2, -0.15) is 4.31 Å². The van der Waals surface area contributed by atoms with E-state index in [1.807, 2.05) is 24.3 Å². The Balaban J connectivity index is 2.03. The molecule has 19 heavy (non-hydrogen) atoms. The Kier molecular flexibility index (Phi) is 4.07. The quantitative estimate of drug-likeness (QED) is 0.819. The molecule has 0 aliphatic carbocycles. The Bertz CT molecular complexity index is 561. The number of anilines is 1. The zero-order valence-corrected chi connectivity index (χ0v) is 12.4. The summed E-state index contributed by atoms with van der Waals surface area (Å²) >= 11 is 4.91. The lowest BCUT2D eigenvalue weighted by Gasteiger charge is -2.34. The number of benzene rings is 1. The second-order valence-corrected chi connectivity index (χ2v) is 6.98. The molecular formula is C12H17N3O2S2. The van der Waals surface area contributed by atoms with E-state index in [1.165, 1.54) is 10.6 Å². The number of sulfonamides is 1. The second-order valence-electron chi connectivity index (χ2n) is 4.56. The Morgan fingerprint density at radius 2 is 1.68 bits per heavy atom. The molecule has 1 aromatic rings. The number of piperazine rings is 1. The van der Waals surface area contributed by atoms with E-state index in [-0.39, 0.29) is 0 Å². The van der Waals surface area contributed by atoms with Crippen LogP contribution >= 0.6 is 12.2 Å². The molecule has 0 radical (unpaired) electrons. The van der Waals surface area contributed by atoms with E-state index in [1.54, 1.807) is 0 Å². The summed E-state index contributed by atoms with van der Waals surface area (Å²) in [4.78, 5) is 2.54. The number of nitrogens with two attached hydrogens (primary N) is 1. The average Bonchev–Trinajstić information content (AvgIpc) is 2.38. The smallest absolute Gasteiger partial charge is 0.211 e. The van der Waals surface area contributed by atoms with Crippen molar-refractivity contribution in [2.45, 2.75) is 0 Å². The molecule has 1 aliphatic heterocycles. The van der Waals surface area contributed by atoms with Gasteiger partial charge in [-0.05, 0) is 24.3 Å². The van der Waals surface area contributed by atoms with Crippen molar-refractivity contribution in [1.29, 1.82) is 0 Å². The van der Waals surface area contributed by atoms with Crippen molar-refractivity contribution in [1.82, 2.24) is 4.31 Å². The zero-order chi connectivity index (χ0) is 14.0. The SMILES string of the molecule is CS(=O)(=O)N1CCN(c2ccc(C(N)=S)cc2)CC1. The van der Waals surface area contributed by atoms with Crippen LogP contribution in [0.15, 0.2) is 24.3 Å². The molecule has 1 aromatic carbocycles. The monoisotopic (exact) mass is 299 g/mol. The molecule has 2 rings (SSSR count). The van der Waals surface area contributed by atoms with E-state index < -0.39 is 10.0 Å². The Morgan fingerprint density at radius 1 is 1.16 bits per heavy atom. The van der Waals surface area contributed by atoms with Gasteiger partial charge in [0.1, 0.15) is 4.99 Å². The van der Waals surface area contributed by atoms with Gasteiger partial charge in [-0.3, -0.25) is 0 Å². The Morgan fingerprint density at radius 3 is 2.11 bits per heavy atom. The van der Waals surface area contributed by atoms with Gasteiger partial charge in [0, 0.05) is 37.4 Å². The molecule has 5 nitrogen and oxygen atoms in total. The molecule has 0 bridgehead atoms. The first-order valence-electron chi connectivity index (χ1n) is 5.98. The van der Waals surface area contributed by atoms with Gasteiger partial charge in [0.25, 0.3) is 0 Å². The van der Waals surface area contributed by atoms with Gasteiger partial charge in [0.05, 0.1) is 6.26 Å². The molecule has 1 heterocycles. The summed E-state index contributed by atoms with van der Waals surface area (Å²) in [6.07, 6.45) is 1.25. The third-order valence-corrected chi connectivity index (χ3v) is 4.76. The number of thiocarbonyl (C=S) groups is 1. The highest BCUT2D eigenvalue weighted by molar-refractivity contribution is 7.88. The lowest BCUT2D eigenvalue weighted by Crippen LogP contribution is -2.48. The highest BCUT2D eigenvalue weighted by Crippen LogP contribution is 2.18. The molecule has 0 aromatic heterocycles. The number of rotatable bonds is 3. The van der Waals surface area contributed by atoms with Crippen molar-refractivity contribution >= 4 is 32.9 Å². The highest BCUT2D eigenvalue weighted by Gasteiger charge is 2.23. The molecule has 0 unspecified atom stereocenters. The van der Waals surface area contributed by atoms with Crippen LogP contribution in [0.3, 0.4) is 0 Å². The first-order chi connectivity index (χ1) is 8.88. The van der Waals surface area contributed by atoms with E-state index in [4.69, 9.17) is 18.0 Å². The van der Waals surface area contributed by atoms with Crippen LogP contribution in [0.1, 0.15) is 5.56 Å². The fourth-order valence-corrected chi connectivity index (χ4v) is 3.08. The van der Waals surface area contributed by atoms with Crippen molar-refractivity contribution in [2.24, 2.45) is 5.73 Å². The van der Waals surface area contributed by atoms with Crippen molar-refractivity contribution < 1.29 is 8.42 Å². The zero-order valence-electron chi connectivity index (χ0n) is 10.7. The minimum atomic E-state index is -3.08. The maximum Gasteiger partial charge on any atom is 0.211 e. The van der Waals surface area contributed by atoms with Crippen LogP contribution in [0, 0.1) is 0 Å². The van der Waals surface area contributed by atoms with Crippen molar-refractivity contribution in [3.8, 4) is 0 Å². The van der Waals surface area contributed by atoms with Gasteiger partial charge in [-0.25, -0.2) is 8.42 Å². The molecule has 104 valence electrons. The van der Waals surface area contributed by atoms with Crippen LogP contribution in [-0.4, -0.2) is 50.1 Å². The van der Waals surface area contributed by atoms with Crippen LogP contribution in [0.2, 0.25) is 0 Å². The number of hydrogen-bond donors (Lipinski definition) is 1. The summed E-state index contributed by atoms with van der Waals surface area (Å²) in [5, 5.41) is 0. The third-order valence-electron chi connectivity index (χ3n) is 3.22. The Hall–Kier alpha value is -1.18. The van der Waals surface area contributed by atoms with Gasteiger partial charge >= 0.3 is 0 Å². The van der Waals surface area contributed by atoms with Crippen molar-refractivity contribution in [3.05, 3.63) is 29.8 Å². The molecule has 0 atom stereocenters. The summed E-state index contributed by atoms with van der Waals surface area (Å²) in [5.74, 6) is 0.